The van der Waals surface area contributed by atoms with Crippen molar-refractivity contribution in [3.05, 3.63) is 34.9 Å². The molecular weight excluding hydrogens is 174 g/mol. The molecule has 2 heteroatoms. The molecule has 0 saturated heterocycles. The number of carbonyl (C=O) groups is 1. The normalized spacial score (nSPS) is 19.7. The Hall–Kier alpha value is -1.31. The summed E-state index contributed by atoms with van der Waals surface area (Å²) in [7, 11) is 0. The highest BCUT2D eigenvalue weighted by atomic mass is 16.2. The van der Waals surface area contributed by atoms with Gasteiger partial charge in [-0.3, -0.25) is 4.79 Å². The predicted octanol–water partition coefficient (Wildman–Crippen LogP) is 2.61. The van der Waals surface area contributed by atoms with Crippen LogP contribution in [0.25, 0.3) is 0 Å². The van der Waals surface area contributed by atoms with Crippen molar-refractivity contribution in [3.8, 4) is 0 Å². The number of benzene rings is 1. The zero-order valence-corrected chi connectivity index (χ0v) is 8.79. The Balaban J connectivity index is 2.62. The van der Waals surface area contributed by atoms with Gasteiger partial charge in [0.2, 0.25) is 0 Å². The van der Waals surface area contributed by atoms with Crippen LogP contribution in [-0.2, 0) is 0 Å². The number of hydrogen-bond acceptors (Lipinski definition) is 1. The van der Waals surface area contributed by atoms with Crippen molar-refractivity contribution >= 4 is 5.91 Å². The van der Waals surface area contributed by atoms with Crippen molar-refractivity contribution in [1.29, 1.82) is 0 Å². The van der Waals surface area contributed by atoms with Crippen molar-refractivity contribution < 1.29 is 4.79 Å². The quantitative estimate of drug-likeness (QED) is 0.723. The fourth-order valence-electron chi connectivity index (χ4n) is 2.04. The molecule has 1 unspecified atom stereocenters. The Labute approximate surface area is 84.3 Å². The minimum Gasteiger partial charge on any atom is -0.345 e. The molecule has 1 aromatic rings. The van der Waals surface area contributed by atoms with Crippen molar-refractivity contribution in [1.82, 2.24) is 5.32 Å². The molecule has 0 aromatic heterocycles. The first-order chi connectivity index (χ1) is 6.61. The number of hydrogen-bond donors (Lipinski definition) is 1. The molecular formula is C12H15NO. The van der Waals surface area contributed by atoms with E-state index in [0.717, 1.165) is 16.7 Å². The average molecular weight is 189 g/mol. The first-order valence-electron chi connectivity index (χ1n) is 5.05. The van der Waals surface area contributed by atoms with Crippen LogP contribution in [0, 0.1) is 0 Å². The molecule has 0 bridgehead atoms. The fraction of sp³-hybridized carbons (Fsp3) is 0.417. The second-order valence-corrected chi connectivity index (χ2v) is 4.16. The molecule has 1 aromatic carbocycles. The molecule has 14 heavy (non-hydrogen) atoms. The molecule has 1 heterocycles. The van der Waals surface area contributed by atoms with Crippen LogP contribution in [0.2, 0.25) is 0 Å². The molecule has 0 saturated carbocycles. The van der Waals surface area contributed by atoms with Gasteiger partial charge >= 0.3 is 0 Å². The molecule has 1 atom stereocenters. The van der Waals surface area contributed by atoms with Gasteiger partial charge in [-0.15, -0.1) is 0 Å². The van der Waals surface area contributed by atoms with Gasteiger partial charge in [-0.05, 0) is 24.0 Å². The smallest absolute Gasteiger partial charge is 0.252 e. The number of fused-ring (bicyclic) bond motifs is 1. The van der Waals surface area contributed by atoms with Crippen molar-refractivity contribution in [3.63, 3.8) is 0 Å². The van der Waals surface area contributed by atoms with Gasteiger partial charge in [0.15, 0.2) is 0 Å². The van der Waals surface area contributed by atoms with Gasteiger partial charge in [0.25, 0.3) is 5.91 Å². The maximum absolute atomic E-state index is 11.7. The van der Waals surface area contributed by atoms with Gasteiger partial charge in [0.1, 0.15) is 0 Å². The summed E-state index contributed by atoms with van der Waals surface area (Å²) in [6.45, 7) is 6.26. The molecule has 1 aliphatic heterocycles. The third-order valence-corrected chi connectivity index (χ3v) is 2.79. The van der Waals surface area contributed by atoms with Crippen LogP contribution < -0.4 is 5.32 Å². The summed E-state index contributed by atoms with van der Waals surface area (Å²) >= 11 is 0. The number of amides is 1. The van der Waals surface area contributed by atoms with Crippen molar-refractivity contribution in [2.24, 2.45) is 0 Å². The Morgan fingerprint density at radius 3 is 2.71 bits per heavy atom. The highest BCUT2D eigenvalue weighted by Crippen LogP contribution is 2.30. The number of carbonyl (C=O) groups excluding carboxylic acids is 1. The lowest BCUT2D eigenvalue weighted by Crippen LogP contribution is -2.17. The maximum Gasteiger partial charge on any atom is 0.252 e. The van der Waals surface area contributed by atoms with Gasteiger partial charge in [0.05, 0.1) is 6.04 Å². The molecule has 1 aliphatic rings. The van der Waals surface area contributed by atoms with E-state index in [1.807, 2.05) is 25.1 Å². The van der Waals surface area contributed by atoms with Gasteiger partial charge in [0, 0.05) is 5.56 Å². The second kappa shape index (κ2) is 3.12. The molecule has 2 nitrogen and oxygen atoms in total. The van der Waals surface area contributed by atoms with E-state index in [1.54, 1.807) is 0 Å². The van der Waals surface area contributed by atoms with E-state index in [1.165, 1.54) is 0 Å². The second-order valence-electron chi connectivity index (χ2n) is 4.16. The Bertz CT molecular complexity index is 382. The van der Waals surface area contributed by atoms with Crippen LogP contribution in [0.5, 0.6) is 0 Å². The molecule has 1 amide bonds. The van der Waals surface area contributed by atoms with E-state index in [9.17, 15) is 4.79 Å². The summed E-state index contributed by atoms with van der Waals surface area (Å²) < 4.78 is 0. The van der Waals surface area contributed by atoms with E-state index in [4.69, 9.17) is 0 Å². The Morgan fingerprint density at radius 1 is 1.36 bits per heavy atom. The SMILES string of the molecule is CC(C)c1cccc2c1C(=O)NC2C. The topological polar surface area (TPSA) is 29.1 Å². The van der Waals surface area contributed by atoms with Crippen LogP contribution in [0.1, 0.15) is 54.2 Å². The molecule has 1 N–H and O–H groups in total. The van der Waals surface area contributed by atoms with E-state index in [2.05, 4.69) is 19.2 Å². The molecule has 2 rings (SSSR count). The number of nitrogens with one attached hydrogen (secondary N) is 1. The van der Waals surface area contributed by atoms with Crippen LogP contribution >= 0.6 is 0 Å². The van der Waals surface area contributed by atoms with E-state index < -0.39 is 0 Å². The first kappa shape index (κ1) is 9.25. The van der Waals surface area contributed by atoms with Crippen LogP contribution in [0.4, 0.5) is 0 Å². The summed E-state index contributed by atoms with van der Waals surface area (Å²) in [5.74, 6) is 0.484. The lowest BCUT2D eigenvalue weighted by molar-refractivity contribution is 0.0957. The third-order valence-electron chi connectivity index (χ3n) is 2.79. The summed E-state index contributed by atoms with van der Waals surface area (Å²) in [6.07, 6.45) is 0. The van der Waals surface area contributed by atoms with E-state index >= 15 is 0 Å². The minimum atomic E-state index is 0.0804. The standard InChI is InChI=1S/C12H15NO/c1-7(2)9-5-4-6-10-8(3)13-12(14)11(9)10/h4-8H,1-3H3,(H,13,14). The zero-order chi connectivity index (χ0) is 10.3. The monoisotopic (exact) mass is 189 g/mol. The summed E-state index contributed by atoms with van der Waals surface area (Å²) in [6, 6.07) is 6.27. The van der Waals surface area contributed by atoms with Gasteiger partial charge in [-0.2, -0.15) is 0 Å². The van der Waals surface area contributed by atoms with Gasteiger partial charge in [-0.25, -0.2) is 0 Å². The predicted molar refractivity (Wildman–Crippen MR) is 56.4 cm³/mol. The Morgan fingerprint density at radius 2 is 2.07 bits per heavy atom. The average Bonchev–Trinajstić information content (AvgIpc) is 2.43. The summed E-state index contributed by atoms with van der Waals surface area (Å²) in [5.41, 5.74) is 3.19. The first-order valence-corrected chi connectivity index (χ1v) is 5.05. The number of rotatable bonds is 1. The highest BCUT2D eigenvalue weighted by Gasteiger charge is 2.28. The van der Waals surface area contributed by atoms with Crippen LogP contribution in [-0.4, -0.2) is 5.91 Å². The summed E-state index contributed by atoms with van der Waals surface area (Å²) in [4.78, 5) is 11.7. The van der Waals surface area contributed by atoms with Gasteiger partial charge in [-0.1, -0.05) is 32.0 Å². The summed E-state index contributed by atoms with van der Waals surface area (Å²) in [5, 5.41) is 2.94. The highest BCUT2D eigenvalue weighted by molar-refractivity contribution is 6.00. The fourth-order valence-corrected chi connectivity index (χ4v) is 2.04. The van der Waals surface area contributed by atoms with Gasteiger partial charge < -0.3 is 5.32 Å². The molecule has 0 fully saturated rings. The van der Waals surface area contributed by atoms with E-state index in [0.29, 0.717) is 5.92 Å². The van der Waals surface area contributed by atoms with Crippen molar-refractivity contribution in [2.75, 3.05) is 0 Å². The zero-order valence-electron chi connectivity index (χ0n) is 8.79. The maximum atomic E-state index is 11.7. The molecule has 0 radical (unpaired) electrons. The lowest BCUT2D eigenvalue weighted by Gasteiger charge is -2.09. The Kier molecular flexibility index (Phi) is 2.06. The van der Waals surface area contributed by atoms with Crippen LogP contribution in [0.3, 0.4) is 0 Å². The van der Waals surface area contributed by atoms with Crippen molar-refractivity contribution in [2.45, 2.75) is 32.7 Å². The van der Waals surface area contributed by atoms with Crippen LogP contribution in [0.15, 0.2) is 18.2 Å². The largest absolute Gasteiger partial charge is 0.345 e. The molecule has 0 spiro atoms. The molecule has 0 aliphatic carbocycles. The van der Waals surface area contributed by atoms with E-state index in [-0.39, 0.29) is 11.9 Å². The lowest BCUT2D eigenvalue weighted by atomic mass is 9.93. The third kappa shape index (κ3) is 1.22. The molecule has 74 valence electrons. The minimum absolute atomic E-state index is 0.0804.